The third-order valence-corrected chi connectivity index (χ3v) is 3.71. The quantitative estimate of drug-likeness (QED) is 0.557. The topological polar surface area (TPSA) is 0 Å². The second-order valence-corrected chi connectivity index (χ2v) is 5.33. The third kappa shape index (κ3) is 7.23. The Balaban J connectivity index is 3.00. The Bertz CT molecular complexity index is 58.3. The zero-order valence-corrected chi connectivity index (χ0v) is 8.49. The molecule has 0 atom stereocenters. The van der Waals surface area contributed by atoms with E-state index in [0.29, 0.717) is 0 Å². The fraction of sp³-hybridized carbons (Fsp3) is 1.00. The average Bonchev–Trinajstić information content (AvgIpc) is 1.97. The summed E-state index contributed by atoms with van der Waals surface area (Å²) < 4.78 is 0. The molecule has 0 aromatic rings. The van der Waals surface area contributed by atoms with E-state index in [0.717, 1.165) is 11.7 Å². The molecule has 0 aromatic carbocycles. The molecule has 2 heteroatoms. The number of rotatable bonds is 6. The van der Waals surface area contributed by atoms with E-state index in [-0.39, 0.29) is 0 Å². The molecule has 0 aromatic heterocycles. The van der Waals surface area contributed by atoms with Crippen LogP contribution in [0.3, 0.4) is 0 Å². The van der Waals surface area contributed by atoms with Crippen molar-refractivity contribution >= 4 is 15.8 Å². The first kappa shape index (κ1) is 11.1. The van der Waals surface area contributed by atoms with Crippen LogP contribution in [0.1, 0.15) is 39.5 Å². The number of unbranched alkanes of at least 4 members (excludes halogenated alkanes) is 2. The van der Waals surface area contributed by atoms with Gasteiger partial charge in [0, 0.05) is 0 Å². The summed E-state index contributed by atoms with van der Waals surface area (Å²) in [5.41, 5.74) is 0. The van der Waals surface area contributed by atoms with Crippen molar-refractivity contribution in [3.63, 3.8) is 0 Å². The van der Waals surface area contributed by atoms with Crippen LogP contribution in [0.2, 0.25) is 10.6 Å². The van der Waals surface area contributed by atoms with Gasteiger partial charge < -0.3 is 0 Å². The summed E-state index contributed by atoms with van der Waals surface area (Å²) in [6.07, 6.45) is 5.59. The van der Waals surface area contributed by atoms with E-state index in [4.69, 9.17) is 0 Å². The van der Waals surface area contributed by atoms with Crippen LogP contribution in [0.5, 0.6) is 0 Å². The fourth-order valence-electron chi connectivity index (χ4n) is 0.653. The van der Waals surface area contributed by atoms with E-state index in [1.165, 1.54) is 36.3 Å². The monoisotopic (exact) mass is 184 g/mol. The van der Waals surface area contributed by atoms with Gasteiger partial charge in [0.2, 0.25) is 0 Å². The predicted octanol–water partition coefficient (Wildman–Crippen LogP) is 3.12. The molecule has 10 heavy (non-hydrogen) atoms. The van der Waals surface area contributed by atoms with E-state index in [1.54, 1.807) is 0 Å². The Morgan fingerprint density at radius 1 is 1.00 bits per heavy atom. The van der Waals surface area contributed by atoms with E-state index in [2.05, 4.69) is 29.6 Å². The number of hydrogen-bond acceptors (Lipinski definition) is 0. The van der Waals surface area contributed by atoms with Crippen LogP contribution in [-0.4, -0.2) is 15.8 Å². The first-order chi connectivity index (χ1) is 4.81. The molecule has 0 N–H and O–H groups in total. The summed E-state index contributed by atoms with van der Waals surface area (Å²) in [4.78, 5) is 0. The normalized spacial score (nSPS) is 11.8. The molecule has 0 aliphatic rings. The van der Waals surface area contributed by atoms with Crippen molar-refractivity contribution in [1.82, 2.24) is 0 Å². The molecule has 0 unspecified atom stereocenters. The first-order valence-corrected chi connectivity index (χ1v) is 6.42. The number of hydrogen-bond donors (Lipinski definition) is 0. The first-order valence-electron chi connectivity index (χ1n) is 4.14. The summed E-state index contributed by atoms with van der Waals surface area (Å²) in [6.45, 7) is 4.55. The molecule has 0 spiro atoms. The minimum absolute atomic E-state index is 0.791. The molecule has 62 valence electrons. The molecule has 0 amide bonds. The Hall–Kier alpha value is 1.12. The Kier molecular flexibility index (Phi) is 9.13. The second-order valence-electron chi connectivity index (χ2n) is 2.59. The summed E-state index contributed by atoms with van der Waals surface area (Å²) in [7, 11) is 0. The van der Waals surface area contributed by atoms with Crippen LogP contribution in [0.15, 0.2) is 0 Å². The van der Waals surface area contributed by atoms with Crippen molar-refractivity contribution in [3.8, 4) is 0 Å². The summed E-state index contributed by atoms with van der Waals surface area (Å²) >= 11 is 3.19. The van der Waals surface area contributed by atoms with Crippen molar-refractivity contribution < 1.29 is 11.7 Å². The van der Waals surface area contributed by atoms with E-state index < -0.39 is 0 Å². The molecule has 0 saturated heterocycles. The summed E-state index contributed by atoms with van der Waals surface area (Å²) in [5.74, 6) is 0. The predicted molar refractivity (Wildman–Crippen MR) is 45.2 cm³/mol. The second kappa shape index (κ2) is 8.22. The van der Waals surface area contributed by atoms with Crippen LogP contribution < -0.4 is 0 Å². The van der Waals surface area contributed by atoms with Gasteiger partial charge in [0.25, 0.3) is 0 Å². The van der Waals surface area contributed by atoms with Crippen molar-refractivity contribution in [2.75, 3.05) is 0 Å². The average molecular weight is 185 g/mol. The summed E-state index contributed by atoms with van der Waals surface area (Å²) in [6, 6.07) is 0. The third-order valence-electron chi connectivity index (χ3n) is 1.44. The zero-order chi connectivity index (χ0) is 7.82. The Labute approximate surface area is 77.5 Å². The van der Waals surface area contributed by atoms with Crippen LogP contribution in [0.4, 0.5) is 0 Å². The maximum absolute atomic E-state index is 2.40. The maximum atomic E-state index is 2.40. The standard InChI is InChI=1S/2C4H9.Cu.Li/c2*1-3-4-2;;/h2*1,3-4H2,2H3;;. The SMILES string of the molecule is [Li][Cu]([CH2]CCC)[CH2]CCC. The van der Waals surface area contributed by atoms with Crippen LogP contribution in [-0.2, 0) is 11.7 Å². The molecule has 0 fully saturated rings. The van der Waals surface area contributed by atoms with Crippen LogP contribution in [0, 0.1) is 0 Å². The Morgan fingerprint density at radius 2 is 1.40 bits per heavy atom. The molecule has 0 bridgehead atoms. The van der Waals surface area contributed by atoms with Gasteiger partial charge in [-0.25, -0.2) is 0 Å². The van der Waals surface area contributed by atoms with Gasteiger partial charge in [-0.2, -0.15) is 0 Å². The van der Waals surface area contributed by atoms with Gasteiger partial charge in [-0.3, -0.25) is 0 Å². The minimum atomic E-state index is 0.791. The van der Waals surface area contributed by atoms with Crippen LogP contribution in [0.25, 0.3) is 0 Å². The van der Waals surface area contributed by atoms with E-state index in [1.807, 2.05) is 0 Å². The molecule has 0 aliphatic carbocycles. The molecule has 0 aliphatic heterocycles. The van der Waals surface area contributed by atoms with Crippen LogP contribution >= 0.6 is 0 Å². The molecular weight excluding hydrogens is 167 g/mol. The Morgan fingerprint density at radius 3 is 1.70 bits per heavy atom. The summed E-state index contributed by atoms with van der Waals surface area (Å²) in [5, 5.41) is 2.92. The van der Waals surface area contributed by atoms with Crippen molar-refractivity contribution in [2.45, 2.75) is 50.2 Å². The van der Waals surface area contributed by atoms with Crippen molar-refractivity contribution in [2.24, 2.45) is 0 Å². The van der Waals surface area contributed by atoms with Gasteiger partial charge in [-0.05, 0) is 0 Å². The molecule has 0 saturated carbocycles. The van der Waals surface area contributed by atoms with Crippen molar-refractivity contribution in [3.05, 3.63) is 0 Å². The van der Waals surface area contributed by atoms with Gasteiger partial charge in [0.15, 0.2) is 0 Å². The van der Waals surface area contributed by atoms with E-state index in [9.17, 15) is 0 Å². The van der Waals surface area contributed by atoms with Gasteiger partial charge in [-0.1, -0.05) is 0 Å². The van der Waals surface area contributed by atoms with Gasteiger partial charge in [-0.15, -0.1) is 0 Å². The molecule has 0 rings (SSSR count). The molecule has 0 heterocycles. The van der Waals surface area contributed by atoms with Gasteiger partial charge >= 0.3 is 77.7 Å². The molecule has 0 nitrogen and oxygen atoms in total. The fourth-order valence-corrected chi connectivity index (χ4v) is 2.69. The molecular formula is C8H18CuLi. The van der Waals surface area contributed by atoms with Gasteiger partial charge in [0.05, 0.1) is 0 Å². The zero-order valence-electron chi connectivity index (χ0n) is 7.54. The van der Waals surface area contributed by atoms with E-state index >= 15 is 0 Å². The molecule has 0 radical (unpaired) electrons. The van der Waals surface area contributed by atoms with Gasteiger partial charge in [0.1, 0.15) is 0 Å². The van der Waals surface area contributed by atoms with Crippen molar-refractivity contribution in [1.29, 1.82) is 0 Å².